The van der Waals surface area contributed by atoms with Crippen molar-refractivity contribution in [1.82, 2.24) is 15.3 Å². The molecule has 5 nitrogen and oxygen atoms in total. The Labute approximate surface area is 180 Å². The Morgan fingerprint density at radius 1 is 1.03 bits per heavy atom. The van der Waals surface area contributed by atoms with Gasteiger partial charge >= 0.3 is 6.18 Å². The molecule has 2 aromatic carbocycles. The fourth-order valence-corrected chi connectivity index (χ4v) is 3.84. The number of amides is 1. The van der Waals surface area contributed by atoms with Crippen LogP contribution >= 0.6 is 11.3 Å². The number of hydrogen-bond acceptors (Lipinski definition) is 5. The number of rotatable bonds is 5. The summed E-state index contributed by atoms with van der Waals surface area (Å²) < 4.78 is 41.8. The lowest BCUT2D eigenvalue weighted by Crippen LogP contribution is -2.25. The number of anilines is 1. The van der Waals surface area contributed by atoms with Crippen molar-refractivity contribution in [2.75, 3.05) is 12.4 Å². The lowest BCUT2D eigenvalue weighted by Gasteiger charge is -2.15. The Kier molecular flexibility index (Phi) is 5.60. The predicted molar refractivity (Wildman–Crippen MR) is 115 cm³/mol. The van der Waals surface area contributed by atoms with Gasteiger partial charge in [0, 0.05) is 17.3 Å². The van der Waals surface area contributed by atoms with Crippen molar-refractivity contribution in [3.05, 3.63) is 76.2 Å². The number of carbonyl (C=O) groups excluding carboxylic acids is 1. The Morgan fingerprint density at radius 3 is 2.45 bits per heavy atom. The maximum absolute atomic E-state index is 13.9. The molecule has 31 heavy (non-hydrogen) atoms. The first-order valence-corrected chi connectivity index (χ1v) is 10.2. The molecule has 158 valence electrons. The zero-order valence-corrected chi connectivity index (χ0v) is 17.1. The first-order valence-electron chi connectivity index (χ1n) is 9.33. The van der Waals surface area contributed by atoms with E-state index in [4.69, 9.17) is 0 Å². The molecular weight excluding hydrogens is 425 g/mol. The molecule has 0 aliphatic carbocycles. The molecule has 0 saturated heterocycles. The Morgan fingerprint density at radius 2 is 1.81 bits per heavy atom. The standard InChI is InChI=1S/C22H17F3N4OS/c1-26-19-16-10-14(13-6-3-2-4-7-13)11-17(22(23,24)25)18(16)28-20(29-19)21(30)27-12-15-8-5-9-31-15/h2-11H,12H2,1H3,(H,27,30)(H,26,28,29). The van der Waals surface area contributed by atoms with Crippen molar-refractivity contribution < 1.29 is 18.0 Å². The number of hydrogen-bond donors (Lipinski definition) is 2. The molecule has 0 saturated carbocycles. The van der Waals surface area contributed by atoms with Gasteiger partial charge in [0.25, 0.3) is 5.91 Å². The number of nitrogens with zero attached hydrogens (tertiary/aromatic N) is 2. The van der Waals surface area contributed by atoms with Gasteiger partial charge in [-0.05, 0) is 34.7 Å². The molecule has 9 heteroatoms. The molecule has 0 aliphatic rings. The summed E-state index contributed by atoms with van der Waals surface area (Å²) in [5.41, 5.74) is -0.229. The number of nitrogens with one attached hydrogen (secondary N) is 2. The molecule has 0 fully saturated rings. The number of carbonyl (C=O) groups is 1. The van der Waals surface area contributed by atoms with Crippen LogP contribution in [-0.4, -0.2) is 22.9 Å². The fraction of sp³-hybridized carbons (Fsp3) is 0.136. The number of halogens is 3. The van der Waals surface area contributed by atoms with Crippen molar-refractivity contribution in [3.8, 4) is 11.1 Å². The molecule has 4 aromatic rings. The van der Waals surface area contributed by atoms with Crippen LogP contribution in [0.4, 0.5) is 19.0 Å². The monoisotopic (exact) mass is 442 g/mol. The normalized spacial score (nSPS) is 11.5. The van der Waals surface area contributed by atoms with Crippen LogP contribution in [0.15, 0.2) is 60.0 Å². The van der Waals surface area contributed by atoms with E-state index >= 15 is 0 Å². The van der Waals surface area contributed by atoms with Crippen LogP contribution in [0.25, 0.3) is 22.0 Å². The van der Waals surface area contributed by atoms with Crippen LogP contribution < -0.4 is 10.6 Å². The van der Waals surface area contributed by atoms with Gasteiger partial charge in [-0.15, -0.1) is 11.3 Å². The molecular formula is C22H17F3N4OS. The lowest BCUT2D eigenvalue weighted by molar-refractivity contribution is -0.136. The van der Waals surface area contributed by atoms with Crippen molar-refractivity contribution in [2.24, 2.45) is 0 Å². The molecule has 0 spiro atoms. The van der Waals surface area contributed by atoms with E-state index in [9.17, 15) is 18.0 Å². The summed E-state index contributed by atoms with van der Waals surface area (Å²) in [5.74, 6) is -0.826. The van der Waals surface area contributed by atoms with Gasteiger partial charge < -0.3 is 10.6 Å². The van der Waals surface area contributed by atoms with Crippen molar-refractivity contribution in [3.63, 3.8) is 0 Å². The van der Waals surface area contributed by atoms with Gasteiger partial charge in [0.05, 0.1) is 17.6 Å². The summed E-state index contributed by atoms with van der Waals surface area (Å²) in [6, 6.07) is 15.1. The van der Waals surface area contributed by atoms with E-state index < -0.39 is 17.6 Å². The molecule has 0 unspecified atom stereocenters. The van der Waals surface area contributed by atoms with Crippen molar-refractivity contribution in [1.29, 1.82) is 0 Å². The lowest BCUT2D eigenvalue weighted by atomic mass is 9.99. The minimum absolute atomic E-state index is 0.148. The van der Waals surface area contributed by atoms with E-state index in [1.54, 1.807) is 36.4 Å². The van der Waals surface area contributed by atoms with Crippen LogP contribution in [0.2, 0.25) is 0 Å². The Hall–Kier alpha value is -3.46. The second kappa shape index (κ2) is 8.35. The van der Waals surface area contributed by atoms with Crippen LogP contribution in [0.3, 0.4) is 0 Å². The van der Waals surface area contributed by atoms with Gasteiger partial charge in [-0.25, -0.2) is 9.97 Å². The fourth-order valence-electron chi connectivity index (χ4n) is 3.20. The molecule has 2 aromatic heterocycles. The number of thiophene rings is 1. The van der Waals surface area contributed by atoms with Gasteiger partial charge in [-0.1, -0.05) is 36.4 Å². The summed E-state index contributed by atoms with van der Waals surface area (Å²) in [4.78, 5) is 21.7. The van der Waals surface area contributed by atoms with Crippen LogP contribution in [0.1, 0.15) is 21.1 Å². The first-order chi connectivity index (χ1) is 14.9. The third-order valence-electron chi connectivity index (χ3n) is 4.66. The molecule has 2 heterocycles. The molecule has 0 atom stereocenters. The van der Waals surface area contributed by atoms with Crippen LogP contribution in [-0.2, 0) is 12.7 Å². The van der Waals surface area contributed by atoms with Gasteiger partial charge in [0.1, 0.15) is 5.82 Å². The highest BCUT2D eigenvalue weighted by atomic mass is 32.1. The molecule has 1 amide bonds. The highest BCUT2D eigenvalue weighted by molar-refractivity contribution is 7.09. The van der Waals surface area contributed by atoms with E-state index in [0.717, 1.165) is 10.9 Å². The number of benzene rings is 2. The second-order valence-electron chi connectivity index (χ2n) is 6.69. The third-order valence-corrected chi connectivity index (χ3v) is 5.53. The number of alkyl halides is 3. The predicted octanol–water partition coefficient (Wildman–Crippen LogP) is 5.35. The quantitative estimate of drug-likeness (QED) is 0.437. The zero-order valence-electron chi connectivity index (χ0n) is 16.3. The first kappa shape index (κ1) is 20.8. The summed E-state index contributed by atoms with van der Waals surface area (Å²) in [6.07, 6.45) is -4.66. The number of aromatic nitrogens is 2. The van der Waals surface area contributed by atoms with Gasteiger partial charge in [0.2, 0.25) is 5.82 Å². The van der Waals surface area contributed by atoms with Crippen LogP contribution in [0.5, 0.6) is 0 Å². The maximum Gasteiger partial charge on any atom is 0.418 e. The minimum Gasteiger partial charge on any atom is -0.373 e. The van der Waals surface area contributed by atoms with Gasteiger partial charge in [-0.3, -0.25) is 4.79 Å². The number of fused-ring (bicyclic) bond motifs is 1. The Balaban J connectivity index is 1.84. The van der Waals surface area contributed by atoms with Gasteiger partial charge in [-0.2, -0.15) is 13.2 Å². The van der Waals surface area contributed by atoms with E-state index in [1.807, 2.05) is 17.5 Å². The molecule has 0 bridgehead atoms. The topological polar surface area (TPSA) is 66.9 Å². The average Bonchev–Trinajstić information content (AvgIpc) is 3.29. The smallest absolute Gasteiger partial charge is 0.373 e. The van der Waals surface area contributed by atoms with Crippen molar-refractivity contribution >= 4 is 34.0 Å². The third kappa shape index (κ3) is 4.36. The summed E-state index contributed by atoms with van der Waals surface area (Å²) >= 11 is 1.46. The van der Waals surface area contributed by atoms with E-state index in [-0.39, 0.29) is 29.1 Å². The molecule has 2 N–H and O–H groups in total. The largest absolute Gasteiger partial charge is 0.418 e. The summed E-state index contributed by atoms with van der Waals surface area (Å²) in [6.45, 7) is 0.242. The highest BCUT2D eigenvalue weighted by Gasteiger charge is 2.35. The molecule has 0 radical (unpaired) electrons. The average molecular weight is 442 g/mol. The highest BCUT2D eigenvalue weighted by Crippen LogP contribution is 2.39. The molecule has 0 aliphatic heterocycles. The SMILES string of the molecule is CNc1nc(C(=O)NCc2cccs2)nc2c(C(F)(F)F)cc(-c3ccccc3)cc12. The van der Waals surface area contributed by atoms with E-state index in [0.29, 0.717) is 11.1 Å². The second-order valence-corrected chi connectivity index (χ2v) is 7.72. The molecule has 4 rings (SSSR count). The van der Waals surface area contributed by atoms with E-state index in [2.05, 4.69) is 20.6 Å². The van der Waals surface area contributed by atoms with E-state index in [1.165, 1.54) is 18.4 Å². The van der Waals surface area contributed by atoms with Crippen LogP contribution in [0, 0.1) is 0 Å². The summed E-state index contributed by atoms with van der Waals surface area (Å²) in [7, 11) is 1.54. The van der Waals surface area contributed by atoms with Gasteiger partial charge in [0.15, 0.2) is 0 Å². The maximum atomic E-state index is 13.9. The minimum atomic E-state index is -4.66. The Bertz CT molecular complexity index is 1230. The zero-order chi connectivity index (χ0) is 22.0. The summed E-state index contributed by atoms with van der Waals surface area (Å²) in [5, 5.41) is 7.50. The van der Waals surface area contributed by atoms with Crippen molar-refractivity contribution in [2.45, 2.75) is 12.7 Å².